The predicted molar refractivity (Wildman–Crippen MR) is 122 cm³/mol. The number of hydrogen-bond donors (Lipinski definition) is 2. The highest BCUT2D eigenvalue weighted by Gasteiger charge is 2.37. The van der Waals surface area contributed by atoms with E-state index in [0.717, 1.165) is 35.5 Å². The zero-order valence-electron chi connectivity index (χ0n) is 17.1. The Bertz CT molecular complexity index is 1070. The number of nitrogens with zero attached hydrogens (tertiary/aromatic N) is 3. The summed E-state index contributed by atoms with van der Waals surface area (Å²) in [5.74, 6) is 0.743. The molecule has 8 heteroatoms. The van der Waals surface area contributed by atoms with Crippen LogP contribution in [0.2, 0.25) is 5.02 Å². The van der Waals surface area contributed by atoms with Crippen molar-refractivity contribution in [3.8, 4) is 0 Å². The van der Waals surface area contributed by atoms with Gasteiger partial charge in [0.1, 0.15) is 5.25 Å². The molecule has 156 valence electrons. The topological polar surface area (TPSA) is 71.8 Å². The molecular weight excluding hydrogens is 418 g/mol. The Kier molecular flexibility index (Phi) is 6.01. The van der Waals surface area contributed by atoms with Crippen molar-refractivity contribution in [3.05, 3.63) is 70.0 Å². The van der Waals surface area contributed by atoms with Crippen LogP contribution in [0, 0.1) is 6.92 Å². The van der Waals surface area contributed by atoms with Crippen molar-refractivity contribution in [1.82, 2.24) is 14.9 Å². The quantitative estimate of drug-likeness (QED) is 0.597. The largest absolute Gasteiger partial charge is 0.325 e. The molecule has 3 aromatic rings. The van der Waals surface area contributed by atoms with Crippen LogP contribution >= 0.6 is 23.4 Å². The summed E-state index contributed by atoms with van der Waals surface area (Å²) in [7, 11) is 0. The minimum atomic E-state index is -0.419. The molecule has 0 aliphatic carbocycles. The number of nitrogens with one attached hydrogen (secondary N) is 2. The lowest BCUT2D eigenvalue weighted by Crippen LogP contribution is -2.41. The first-order valence-electron chi connectivity index (χ1n) is 10.0. The lowest BCUT2D eigenvalue weighted by Gasteiger charge is -2.33. The highest BCUT2D eigenvalue weighted by Crippen LogP contribution is 2.38. The normalized spacial score (nSPS) is 17.9. The first-order chi connectivity index (χ1) is 14.5. The minimum Gasteiger partial charge on any atom is -0.325 e. The van der Waals surface area contributed by atoms with Gasteiger partial charge in [-0.15, -0.1) is 10.2 Å². The summed E-state index contributed by atoms with van der Waals surface area (Å²) in [6.45, 7) is 6.06. The molecule has 2 N–H and O–H groups in total. The third-order valence-corrected chi connectivity index (χ3v) is 6.98. The number of thioether (sulfide) groups is 1. The van der Waals surface area contributed by atoms with Crippen molar-refractivity contribution in [2.75, 3.05) is 10.7 Å². The fourth-order valence-electron chi connectivity index (χ4n) is 3.49. The van der Waals surface area contributed by atoms with Gasteiger partial charge in [-0.05, 0) is 42.2 Å². The molecule has 1 aromatic heterocycles. The number of carbonyl (C=O) groups excluding carboxylic acids is 1. The Morgan fingerprint density at radius 2 is 1.93 bits per heavy atom. The number of aryl methyl sites for hydroxylation is 2. The van der Waals surface area contributed by atoms with Gasteiger partial charge in [-0.25, -0.2) is 4.68 Å². The summed E-state index contributed by atoms with van der Waals surface area (Å²) in [4.78, 5) is 13.4. The van der Waals surface area contributed by atoms with E-state index in [9.17, 15) is 4.79 Å². The van der Waals surface area contributed by atoms with E-state index >= 15 is 0 Å². The maximum Gasteiger partial charge on any atom is 0.240 e. The summed E-state index contributed by atoms with van der Waals surface area (Å²) in [6.07, 6.45) is 1.72. The van der Waals surface area contributed by atoms with Gasteiger partial charge in [-0.2, -0.15) is 0 Å². The summed E-state index contributed by atoms with van der Waals surface area (Å²) >= 11 is 7.66. The fourth-order valence-corrected chi connectivity index (χ4v) is 4.76. The predicted octanol–water partition coefficient (Wildman–Crippen LogP) is 4.76. The number of hydrogen-bond acceptors (Lipinski definition) is 5. The van der Waals surface area contributed by atoms with E-state index < -0.39 is 5.25 Å². The zero-order chi connectivity index (χ0) is 21.3. The molecule has 2 atom stereocenters. The molecule has 0 unspecified atom stereocenters. The summed E-state index contributed by atoms with van der Waals surface area (Å²) in [6, 6.07) is 13.7. The molecule has 6 nitrogen and oxygen atoms in total. The zero-order valence-corrected chi connectivity index (χ0v) is 18.7. The van der Waals surface area contributed by atoms with Gasteiger partial charge in [-0.3, -0.25) is 4.79 Å². The Hall–Kier alpha value is -2.51. The van der Waals surface area contributed by atoms with Crippen LogP contribution in [0.4, 0.5) is 5.69 Å². The van der Waals surface area contributed by atoms with Crippen molar-refractivity contribution in [3.63, 3.8) is 0 Å². The Morgan fingerprint density at radius 1 is 1.17 bits per heavy atom. The second-order valence-electron chi connectivity index (χ2n) is 7.23. The average molecular weight is 442 g/mol. The number of carbonyl (C=O) groups is 1. The van der Waals surface area contributed by atoms with Gasteiger partial charge in [0.05, 0.1) is 6.04 Å². The van der Waals surface area contributed by atoms with Crippen molar-refractivity contribution in [2.24, 2.45) is 0 Å². The highest BCUT2D eigenvalue weighted by molar-refractivity contribution is 8.00. The molecule has 2 heterocycles. The molecule has 1 aliphatic heterocycles. The number of halogens is 1. The van der Waals surface area contributed by atoms with Crippen LogP contribution in [-0.2, 0) is 17.6 Å². The maximum atomic E-state index is 13.4. The van der Waals surface area contributed by atoms with Crippen LogP contribution in [0.15, 0.2) is 47.6 Å². The number of anilines is 1. The van der Waals surface area contributed by atoms with E-state index in [-0.39, 0.29) is 11.9 Å². The molecule has 2 aromatic carbocycles. The number of fused-ring (bicyclic) bond motifs is 1. The van der Waals surface area contributed by atoms with Gasteiger partial charge in [0, 0.05) is 17.1 Å². The second-order valence-corrected chi connectivity index (χ2v) is 8.75. The van der Waals surface area contributed by atoms with Crippen LogP contribution in [0.5, 0.6) is 0 Å². The van der Waals surface area contributed by atoms with Gasteiger partial charge in [0.2, 0.25) is 11.1 Å². The molecule has 0 radical (unpaired) electrons. The van der Waals surface area contributed by atoms with Crippen LogP contribution in [0.3, 0.4) is 0 Å². The molecule has 4 rings (SSSR count). The summed E-state index contributed by atoms with van der Waals surface area (Å²) in [5, 5.41) is 12.5. The number of amides is 1. The Morgan fingerprint density at radius 3 is 2.63 bits per heavy atom. The van der Waals surface area contributed by atoms with Crippen LogP contribution in [0.25, 0.3) is 0 Å². The minimum absolute atomic E-state index is 0.102. The van der Waals surface area contributed by atoms with Crippen molar-refractivity contribution in [2.45, 2.75) is 50.1 Å². The first-order valence-corrected chi connectivity index (χ1v) is 11.3. The molecule has 30 heavy (non-hydrogen) atoms. The second kappa shape index (κ2) is 8.70. The van der Waals surface area contributed by atoms with E-state index in [1.807, 2.05) is 36.7 Å². The van der Waals surface area contributed by atoms with Gasteiger partial charge in [0.15, 0.2) is 5.82 Å². The number of aromatic nitrogens is 3. The van der Waals surface area contributed by atoms with E-state index in [1.165, 1.54) is 17.3 Å². The summed E-state index contributed by atoms with van der Waals surface area (Å²) in [5.41, 5.74) is 7.35. The van der Waals surface area contributed by atoms with E-state index in [4.69, 9.17) is 11.6 Å². The van der Waals surface area contributed by atoms with Gasteiger partial charge >= 0.3 is 0 Å². The standard InChI is InChI=1S/C22H24ClN5OS/c1-4-14-9-11-15(12-10-14)19-20(30-22-26-25-18(5-2)28(22)27-19)21(29)24-17-8-6-7-16(23)13(17)3/h6-12,19-20,27H,4-5H2,1-3H3,(H,24,29)/t19-,20+/m0/s1. The van der Waals surface area contributed by atoms with E-state index in [1.54, 1.807) is 0 Å². The molecular formula is C22H24ClN5OS. The molecule has 0 saturated heterocycles. The van der Waals surface area contributed by atoms with Gasteiger partial charge < -0.3 is 10.7 Å². The maximum absolute atomic E-state index is 13.4. The molecule has 1 amide bonds. The Balaban J connectivity index is 1.68. The van der Waals surface area contributed by atoms with Crippen LogP contribution < -0.4 is 10.7 Å². The third-order valence-electron chi connectivity index (χ3n) is 5.35. The van der Waals surface area contributed by atoms with Crippen molar-refractivity contribution in [1.29, 1.82) is 0 Å². The lowest BCUT2D eigenvalue weighted by molar-refractivity contribution is -0.116. The molecule has 1 aliphatic rings. The van der Waals surface area contributed by atoms with Gasteiger partial charge in [-0.1, -0.05) is 67.5 Å². The van der Waals surface area contributed by atoms with Crippen molar-refractivity contribution >= 4 is 35.0 Å². The van der Waals surface area contributed by atoms with Crippen molar-refractivity contribution < 1.29 is 4.79 Å². The first kappa shape index (κ1) is 20.8. The molecule has 0 fully saturated rings. The average Bonchev–Trinajstić information content (AvgIpc) is 3.18. The molecule has 0 spiro atoms. The smallest absolute Gasteiger partial charge is 0.240 e. The van der Waals surface area contributed by atoms with Crippen LogP contribution in [0.1, 0.15) is 42.4 Å². The van der Waals surface area contributed by atoms with E-state index in [2.05, 4.69) is 52.1 Å². The lowest BCUT2D eigenvalue weighted by atomic mass is 10.0. The van der Waals surface area contributed by atoms with Gasteiger partial charge in [0.25, 0.3) is 0 Å². The Labute approximate surface area is 185 Å². The monoisotopic (exact) mass is 441 g/mol. The number of benzene rings is 2. The highest BCUT2D eigenvalue weighted by atomic mass is 35.5. The fraction of sp³-hybridized carbons (Fsp3) is 0.318. The molecule has 0 saturated carbocycles. The SMILES string of the molecule is CCc1ccc([C@@H]2Nn3c(CC)nnc3S[C@H]2C(=O)Nc2cccc(Cl)c2C)cc1. The summed E-state index contributed by atoms with van der Waals surface area (Å²) < 4.78 is 1.90. The third kappa shape index (κ3) is 3.91. The number of rotatable bonds is 5. The van der Waals surface area contributed by atoms with Crippen LogP contribution in [-0.4, -0.2) is 26.0 Å². The van der Waals surface area contributed by atoms with E-state index in [0.29, 0.717) is 10.2 Å². The molecule has 0 bridgehead atoms.